The zero-order valence-corrected chi connectivity index (χ0v) is 25.2. The van der Waals surface area contributed by atoms with E-state index in [1.807, 2.05) is 81.3 Å². The van der Waals surface area contributed by atoms with Gasteiger partial charge in [0.1, 0.15) is 12.4 Å². The van der Waals surface area contributed by atoms with E-state index in [-0.39, 0.29) is 29.3 Å². The molecule has 0 fully saturated rings. The molecule has 0 aliphatic rings. The van der Waals surface area contributed by atoms with Crippen molar-refractivity contribution in [2.75, 3.05) is 55.4 Å². The van der Waals surface area contributed by atoms with Gasteiger partial charge in [-0.25, -0.2) is 13.4 Å². The summed E-state index contributed by atoms with van der Waals surface area (Å²) >= 11 is 0. The second kappa shape index (κ2) is 12.1. The van der Waals surface area contributed by atoms with Crippen LogP contribution in [-0.2, 0) is 26.8 Å². The summed E-state index contributed by atoms with van der Waals surface area (Å²) in [5.74, 6) is 0.485. The first-order valence-corrected chi connectivity index (χ1v) is 14.5. The molecule has 0 saturated heterocycles. The van der Waals surface area contributed by atoms with Crippen LogP contribution >= 0.6 is 0 Å². The molecule has 0 unspecified atom stereocenters. The molecular formula is C30H41N5O3S. The minimum Gasteiger partial charge on any atom is -0.378 e. The number of pyridine rings is 1. The smallest absolute Gasteiger partial charge is 0.264 e. The number of likely N-dealkylation sites (N-methyl/N-ethyl adjacent to an activating group) is 1. The van der Waals surface area contributed by atoms with E-state index in [9.17, 15) is 13.2 Å². The highest BCUT2D eigenvalue weighted by Gasteiger charge is 2.30. The van der Waals surface area contributed by atoms with Gasteiger partial charge in [0.15, 0.2) is 0 Å². The van der Waals surface area contributed by atoms with Crippen LogP contribution in [0.2, 0.25) is 0 Å². The van der Waals surface area contributed by atoms with Crippen LogP contribution in [0.15, 0.2) is 71.6 Å². The van der Waals surface area contributed by atoms with Crippen molar-refractivity contribution in [2.45, 2.75) is 44.6 Å². The highest BCUT2D eigenvalue weighted by Crippen LogP contribution is 2.29. The number of hydrogen-bond donors (Lipinski definition) is 0. The van der Waals surface area contributed by atoms with Gasteiger partial charge in [-0.2, -0.15) is 0 Å². The first-order valence-electron chi connectivity index (χ1n) is 13.1. The number of aromatic nitrogens is 1. The summed E-state index contributed by atoms with van der Waals surface area (Å²) in [5, 5.41) is 0. The lowest BCUT2D eigenvalue weighted by Crippen LogP contribution is -2.43. The van der Waals surface area contributed by atoms with Crippen LogP contribution in [0.5, 0.6) is 0 Å². The lowest BCUT2D eigenvalue weighted by atomic mass is 9.87. The van der Waals surface area contributed by atoms with Gasteiger partial charge < -0.3 is 14.7 Å². The number of rotatable bonds is 10. The quantitative estimate of drug-likeness (QED) is 0.362. The van der Waals surface area contributed by atoms with E-state index in [1.54, 1.807) is 35.2 Å². The first-order chi connectivity index (χ1) is 18.2. The average molecular weight is 552 g/mol. The van der Waals surface area contributed by atoms with Crippen LogP contribution in [0, 0.1) is 0 Å². The fourth-order valence-corrected chi connectivity index (χ4v) is 5.50. The molecule has 2 aromatic carbocycles. The van der Waals surface area contributed by atoms with E-state index in [4.69, 9.17) is 0 Å². The molecular weight excluding hydrogens is 510 g/mol. The number of carbonyl (C=O) groups excluding carboxylic acids is 1. The number of carbonyl (C=O) groups is 1. The maximum atomic E-state index is 14.0. The Morgan fingerprint density at radius 3 is 2.03 bits per heavy atom. The van der Waals surface area contributed by atoms with Gasteiger partial charge in [-0.05, 0) is 60.4 Å². The highest BCUT2D eigenvalue weighted by atomic mass is 32.2. The number of nitrogens with zero attached hydrogens (tertiary/aromatic N) is 5. The second-order valence-corrected chi connectivity index (χ2v) is 12.9. The Hall–Kier alpha value is -3.59. The van der Waals surface area contributed by atoms with Gasteiger partial charge in [0.05, 0.1) is 22.8 Å². The third kappa shape index (κ3) is 7.29. The Morgan fingerprint density at radius 1 is 0.846 bits per heavy atom. The molecule has 1 amide bonds. The molecule has 8 nitrogen and oxygen atoms in total. The third-order valence-corrected chi connectivity index (χ3v) is 8.35. The molecule has 0 aliphatic carbocycles. The monoisotopic (exact) mass is 551 g/mol. The highest BCUT2D eigenvalue weighted by molar-refractivity contribution is 7.92. The van der Waals surface area contributed by atoms with Gasteiger partial charge in [0, 0.05) is 40.4 Å². The van der Waals surface area contributed by atoms with E-state index in [0.29, 0.717) is 12.2 Å². The Kier molecular flexibility index (Phi) is 9.27. The molecule has 1 aromatic heterocycles. The molecule has 0 saturated carbocycles. The summed E-state index contributed by atoms with van der Waals surface area (Å²) in [5.41, 5.74) is 2.91. The maximum Gasteiger partial charge on any atom is 0.264 e. The van der Waals surface area contributed by atoms with Crippen LogP contribution in [0.3, 0.4) is 0 Å². The molecule has 3 aromatic rings. The van der Waals surface area contributed by atoms with E-state index in [0.717, 1.165) is 22.8 Å². The topological polar surface area (TPSA) is 77.1 Å². The summed E-state index contributed by atoms with van der Waals surface area (Å²) in [6.45, 7) is 8.48. The van der Waals surface area contributed by atoms with E-state index < -0.39 is 10.0 Å². The molecule has 3 rings (SSSR count). The molecule has 0 N–H and O–H groups in total. The van der Waals surface area contributed by atoms with Gasteiger partial charge in [-0.15, -0.1) is 0 Å². The van der Waals surface area contributed by atoms with Crippen LogP contribution in [0.1, 0.15) is 39.0 Å². The van der Waals surface area contributed by atoms with E-state index in [2.05, 4.69) is 25.8 Å². The van der Waals surface area contributed by atoms with Crippen molar-refractivity contribution in [3.63, 3.8) is 0 Å². The van der Waals surface area contributed by atoms with Crippen LogP contribution < -0.4 is 14.1 Å². The molecule has 0 spiro atoms. The van der Waals surface area contributed by atoms with Crippen LogP contribution in [-0.4, -0.2) is 65.5 Å². The number of benzene rings is 2. The maximum absolute atomic E-state index is 14.0. The molecule has 0 bridgehead atoms. The summed E-state index contributed by atoms with van der Waals surface area (Å²) in [6, 6.07) is 19.8. The van der Waals surface area contributed by atoms with Gasteiger partial charge >= 0.3 is 0 Å². The van der Waals surface area contributed by atoms with Crippen molar-refractivity contribution in [3.8, 4) is 0 Å². The van der Waals surface area contributed by atoms with Crippen molar-refractivity contribution >= 4 is 33.1 Å². The van der Waals surface area contributed by atoms with E-state index >= 15 is 0 Å². The van der Waals surface area contributed by atoms with Crippen molar-refractivity contribution < 1.29 is 13.2 Å². The molecule has 1 heterocycles. The lowest BCUT2D eigenvalue weighted by molar-refractivity contribution is -0.130. The Labute approximate surface area is 233 Å². The second-order valence-electron chi connectivity index (χ2n) is 11.0. The van der Waals surface area contributed by atoms with Crippen molar-refractivity contribution in [1.29, 1.82) is 0 Å². The lowest BCUT2D eigenvalue weighted by Gasteiger charge is -2.29. The SMILES string of the molecule is CCN(Cc1cccc(N(C)C)n1)C(=O)CN(c1cccc(N(C)C)c1)S(=O)(=O)c1ccc(C(C)(C)C)cc1. The van der Waals surface area contributed by atoms with Crippen LogP contribution in [0.4, 0.5) is 17.2 Å². The van der Waals surface area contributed by atoms with Crippen molar-refractivity contribution in [3.05, 3.63) is 78.0 Å². The van der Waals surface area contributed by atoms with E-state index in [1.165, 1.54) is 4.31 Å². The fourth-order valence-electron chi connectivity index (χ4n) is 4.09. The zero-order chi connectivity index (χ0) is 29.0. The molecule has 210 valence electrons. The zero-order valence-electron chi connectivity index (χ0n) is 24.3. The normalized spacial score (nSPS) is 11.7. The van der Waals surface area contributed by atoms with Gasteiger partial charge in [0.25, 0.3) is 10.0 Å². The van der Waals surface area contributed by atoms with Crippen molar-refractivity contribution in [2.24, 2.45) is 0 Å². The average Bonchev–Trinajstić information content (AvgIpc) is 2.89. The van der Waals surface area contributed by atoms with Crippen molar-refractivity contribution in [1.82, 2.24) is 9.88 Å². The van der Waals surface area contributed by atoms with Gasteiger partial charge in [-0.1, -0.05) is 45.0 Å². The summed E-state index contributed by atoms with van der Waals surface area (Å²) in [6.07, 6.45) is 0. The first kappa shape index (κ1) is 30.0. The standard InChI is InChI=1S/C30H41N5O3S/c1-9-34(21-24-12-10-15-28(31-24)33(7)8)29(36)22-35(26-14-11-13-25(20-26)32(5)6)39(37,38)27-18-16-23(17-19-27)30(2,3)4/h10-20H,9,21-22H2,1-8H3. The molecule has 0 aliphatic heterocycles. The minimum atomic E-state index is -4.04. The number of anilines is 3. The fraction of sp³-hybridized carbons (Fsp3) is 0.400. The Balaban J connectivity index is 1.99. The Morgan fingerprint density at radius 2 is 1.46 bits per heavy atom. The largest absolute Gasteiger partial charge is 0.378 e. The van der Waals surface area contributed by atoms with Crippen LogP contribution in [0.25, 0.3) is 0 Å². The predicted molar refractivity (Wildman–Crippen MR) is 160 cm³/mol. The van der Waals surface area contributed by atoms with Gasteiger partial charge in [-0.3, -0.25) is 9.10 Å². The number of hydrogen-bond acceptors (Lipinski definition) is 6. The molecule has 9 heteroatoms. The summed E-state index contributed by atoms with van der Waals surface area (Å²) in [7, 11) is 3.56. The number of amides is 1. The Bertz CT molecular complexity index is 1380. The molecule has 39 heavy (non-hydrogen) atoms. The molecule has 0 atom stereocenters. The summed E-state index contributed by atoms with van der Waals surface area (Å²) in [4.78, 5) is 23.8. The van der Waals surface area contributed by atoms with Gasteiger partial charge in [0.2, 0.25) is 5.91 Å². The molecule has 0 radical (unpaired) electrons. The minimum absolute atomic E-state index is 0.114. The summed E-state index contributed by atoms with van der Waals surface area (Å²) < 4.78 is 29.3. The third-order valence-electron chi connectivity index (χ3n) is 6.56. The predicted octanol–water partition coefficient (Wildman–Crippen LogP) is 4.76. The number of sulfonamides is 1.